The van der Waals surface area contributed by atoms with Crippen LogP contribution in [-0.4, -0.2) is 53.6 Å². The zero-order valence-corrected chi connectivity index (χ0v) is 82.5. The van der Waals surface area contributed by atoms with E-state index in [4.69, 9.17) is 39.9 Å². The third-order valence-corrected chi connectivity index (χ3v) is 34.1. The van der Waals surface area contributed by atoms with Gasteiger partial charge in [-0.15, -0.1) is 34.0 Å². The predicted octanol–water partition coefficient (Wildman–Crippen LogP) is 36.7. The largest absolute Gasteiger partial charge is 0.309 e. The molecule has 0 atom stereocenters. The number of benzene rings is 22. The lowest BCUT2D eigenvalue weighted by Gasteiger charge is -2.15. The Morgan fingerprint density at radius 1 is 0.147 bits per heavy atom. The van der Waals surface area contributed by atoms with Crippen LogP contribution in [0.2, 0.25) is 0 Å². The van der Waals surface area contributed by atoms with Gasteiger partial charge in [-0.3, -0.25) is 9.13 Å². The molecule has 9 heterocycles. The molecule has 22 aromatic carbocycles. The minimum atomic E-state index is 0.609. The summed E-state index contributed by atoms with van der Waals surface area (Å²) in [4.78, 5) is 40.9. The minimum Gasteiger partial charge on any atom is -0.309 e. The first kappa shape index (κ1) is 84.2. The van der Waals surface area contributed by atoms with Crippen molar-refractivity contribution in [1.29, 1.82) is 0 Å². The Bertz CT molecular complexity index is 10600. The highest BCUT2D eigenvalue weighted by Crippen LogP contribution is 2.58. The summed E-state index contributed by atoms with van der Waals surface area (Å²) in [5.74, 6) is 4.52. The smallest absolute Gasteiger partial charge is 0.238 e. The standard InChI is InChI=1S/C49H28N4S.C44H25N3S.C43H24N4S/c1-3-12-30(13-4-1)47-50-48(31-14-5-2-6-15-31)52-49(51-47)32-17-9-18-33(26-32)53-40-22-11-21-36-38-28-43-39(34-19-7-8-23-42(34)54-43)27-37(38)35-20-10-16-29-24-25-41(53)46(44(29)35)45(36)40;1-3-11-26(12-4-1)35-25-36(27-13-5-2-6-14-27)46-44(45-35)47-37-19-10-18-31-33-24-40-34(29-16-7-8-20-39(29)48-40)23-32(33)30-17-9-15-28-21-22-38(47)43(41(28)30)42(31)37;1-3-11-26(12-4-1)41-44-42(27-13-5-2-6-14-27)46-43(45-41)47-34-19-10-18-30-32-24-37-33(28-16-7-8-20-36(28)48-37)23-31(32)29-17-9-15-25-21-22-35(47)40(38(25)29)39(30)34/h1-28H;1-25H;1-24H. The molecule has 694 valence electrons. The van der Waals surface area contributed by atoms with Crippen molar-refractivity contribution in [3.8, 4) is 164 Å². The summed E-state index contributed by atoms with van der Waals surface area (Å²) in [5.41, 5.74) is 31.7. The summed E-state index contributed by atoms with van der Waals surface area (Å²) >= 11 is 5.62. The van der Waals surface area contributed by atoms with Crippen LogP contribution < -0.4 is 0 Å². The highest BCUT2D eigenvalue weighted by atomic mass is 32.1. The van der Waals surface area contributed by atoms with Crippen LogP contribution in [0.15, 0.2) is 467 Å². The molecule has 0 amide bonds. The van der Waals surface area contributed by atoms with E-state index in [9.17, 15) is 0 Å². The third kappa shape index (κ3) is 13.0. The van der Waals surface area contributed by atoms with Gasteiger partial charge in [0.25, 0.3) is 0 Å². The molecule has 0 aliphatic heterocycles. The third-order valence-electron chi connectivity index (χ3n) is 30.7. The Hall–Kier alpha value is -19.2. The summed E-state index contributed by atoms with van der Waals surface area (Å²) in [7, 11) is 0. The SMILES string of the molecule is c1ccc(-c2cc(-c3ccccc3)nc(-n3c4cccc5c4c4c6c(cccc6ccc43)-c3cc4c(cc3-5)sc3ccccc34)n2)cc1.c1ccc(-c2nc(-c3ccccc3)nc(-c3cccc(-n4c5cccc6c5c5c7c(cccc7ccc54)-c4cc5c(cc4-6)sc4ccccc45)c3)n2)cc1.c1ccc(-c2nc(-c3ccccc3)nc(-n3c4cccc5c4c4c6c(cccc6ccc43)-c3cc4c(cc3-5)sc3ccccc34)n2)cc1. The lowest BCUT2D eigenvalue weighted by atomic mass is 9.92. The maximum absolute atomic E-state index is 5.29. The van der Waals surface area contributed by atoms with Crippen LogP contribution in [0.25, 0.3) is 322 Å². The second kappa shape index (κ2) is 33.2. The Kier molecular flexibility index (Phi) is 18.6. The summed E-state index contributed by atoms with van der Waals surface area (Å²) < 4.78 is 14.8. The molecular weight excluding hydrogens is 1880 g/mol. The van der Waals surface area contributed by atoms with Crippen LogP contribution in [0.4, 0.5) is 0 Å². The maximum Gasteiger partial charge on any atom is 0.238 e. The summed E-state index contributed by atoms with van der Waals surface area (Å²) in [6.07, 6.45) is 0. The van der Waals surface area contributed by atoms with Gasteiger partial charge in [0.15, 0.2) is 29.1 Å². The van der Waals surface area contributed by atoms with Gasteiger partial charge in [0.2, 0.25) is 11.9 Å². The number of fused-ring (bicyclic) bond motifs is 18. The van der Waals surface area contributed by atoms with Crippen molar-refractivity contribution in [2.45, 2.75) is 0 Å². The first-order valence-electron chi connectivity index (χ1n) is 50.6. The van der Waals surface area contributed by atoms with Crippen LogP contribution in [0, 0.1) is 0 Å². The van der Waals surface area contributed by atoms with E-state index in [0.29, 0.717) is 41.0 Å². The molecule has 9 aromatic heterocycles. The van der Waals surface area contributed by atoms with Crippen molar-refractivity contribution in [2.75, 3.05) is 0 Å². The van der Waals surface area contributed by atoms with E-state index in [1.54, 1.807) is 0 Å². The van der Waals surface area contributed by atoms with Gasteiger partial charge in [-0.25, -0.2) is 29.9 Å². The summed E-state index contributed by atoms with van der Waals surface area (Å²) in [6.45, 7) is 0. The Balaban J connectivity index is 0.0000000995. The van der Waals surface area contributed by atoms with Crippen molar-refractivity contribution in [2.24, 2.45) is 0 Å². The van der Waals surface area contributed by atoms with Crippen LogP contribution in [0.3, 0.4) is 0 Å². The minimum absolute atomic E-state index is 0.609. The second-order valence-electron chi connectivity index (χ2n) is 38.9. The van der Waals surface area contributed by atoms with E-state index in [1.165, 1.54) is 203 Å². The monoisotopic (exact) mass is 1960 g/mol. The quantitative estimate of drug-likeness (QED) is 0.133. The highest BCUT2D eigenvalue weighted by Gasteiger charge is 2.33. The molecule has 0 saturated heterocycles. The van der Waals surface area contributed by atoms with Crippen LogP contribution in [0.1, 0.15) is 0 Å². The molecule has 0 radical (unpaired) electrons. The number of hydrogen-bond donors (Lipinski definition) is 0. The first-order chi connectivity index (χ1) is 74.4. The molecule has 0 saturated carbocycles. The lowest BCUT2D eigenvalue weighted by Crippen LogP contribution is -2.06. The van der Waals surface area contributed by atoms with Gasteiger partial charge in [-0.05, 0) is 208 Å². The fourth-order valence-corrected chi connectivity index (χ4v) is 27.5. The van der Waals surface area contributed by atoms with E-state index in [0.717, 1.165) is 78.1 Å². The van der Waals surface area contributed by atoms with Gasteiger partial charge in [0.1, 0.15) is 0 Å². The number of aromatic nitrogens is 11. The lowest BCUT2D eigenvalue weighted by molar-refractivity contribution is 0.953. The van der Waals surface area contributed by atoms with E-state index in [-0.39, 0.29) is 0 Å². The van der Waals surface area contributed by atoms with Crippen molar-refractivity contribution >= 4 is 192 Å². The number of thiophene rings is 3. The van der Waals surface area contributed by atoms with Crippen molar-refractivity contribution < 1.29 is 0 Å². The fourth-order valence-electron chi connectivity index (χ4n) is 24.2. The van der Waals surface area contributed by atoms with Gasteiger partial charge >= 0.3 is 0 Å². The van der Waals surface area contributed by atoms with E-state index < -0.39 is 0 Å². The first-order valence-corrected chi connectivity index (χ1v) is 53.0. The molecule has 14 heteroatoms. The van der Waals surface area contributed by atoms with Crippen molar-refractivity contribution in [3.63, 3.8) is 0 Å². The average Bonchev–Trinajstić information content (AvgIpc) is 1.54. The predicted molar refractivity (Wildman–Crippen MR) is 627 cm³/mol. The van der Waals surface area contributed by atoms with Crippen LogP contribution in [-0.2, 0) is 0 Å². The molecule has 11 nitrogen and oxygen atoms in total. The zero-order chi connectivity index (χ0) is 98.0. The van der Waals surface area contributed by atoms with Gasteiger partial charge < -0.3 is 4.57 Å². The maximum atomic E-state index is 5.29. The number of rotatable bonds is 10. The molecule has 0 unspecified atom stereocenters. The molecule has 150 heavy (non-hydrogen) atoms. The topological polar surface area (TPSA) is 118 Å². The van der Waals surface area contributed by atoms with Crippen molar-refractivity contribution in [3.05, 3.63) is 467 Å². The summed E-state index contributed by atoms with van der Waals surface area (Å²) in [5, 5.41) is 23.0. The summed E-state index contributed by atoms with van der Waals surface area (Å²) in [6, 6.07) is 167. The van der Waals surface area contributed by atoms with E-state index >= 15 is 0 Å². The second-order valence-corrected chi connectivity index (χ2v) is 42.2. The Morgan fingerprint density at radius 3 is 0.773 bits per heavy atom. The molecule has 3 aliphatic carbocycles. The van der Waals surface area contributed by atoms with Gasteiger partial charge in [0.05, 0.1) is 44.5 Å². The normalized spacial score (nSPS) is 12.1. The molecule has 34 rings (SSSR count). The Morgan fingerprint density at radius 2 is 0.413 bits per heavy atom. The van der Waals surface area contributed by atoms with Gasteiger partial charge in [-0.2, -0.15) is 9.97 Å². The zero-order valence-electron chi connectivity index (χ0n) is 80.1. The Labute approximate surface area is 869 Å². The highest BCUT2D eigenvalue weighted by molar-refractivity contribution is 7.26. The molecule has 31 aromatic rings. The molecule has 0 N–H and O–H groups in total. The number of hydrogen-bond acceptors (Lipinski definition) is 11. The van der Waals surface area contributed by atoms with Crippen molar-refractivity contribution in [1.82, 2.24) is 53.6 Å². The molecule has 3 aliphatic rings. The van der Waals surface area contributed by atoms with Crippen LogP contribution in [0.5, 0.6) is 0 Å². The van der Waals surface area contributed by atoms with Crippen LogP contribution >= 0.6 is 34.0 Å². The van der Waals surface area contributed by atoms with Gasteiger partial charge in [-0.1, -0.05) is 358 Å². The fraction of sp³-hybridized carbons (Fsp3) is 0. The molecular formula is C136H77N11S3. The average molecular weight is 1960 g/mol. The molecule has 0 fully saturated rings. The number of nitrogens with zero attached hydrogens (tertiary/aromatic N) is 11. The van der Waals surface area contributed by atoms with Gasteiger partial charge in [0, 0.05) is 137 Å². The molecule has 0 spiro atoms. The van der Waals surface area contributed by atoms with E-state index in [1.807, 2.05) is 143 Å². The molecule has 0 bridgehead atoms. The van der Waals surface area contributed by atoms with E-state index in [2.05, 4.69) is 372 Å².